The Morgan fingerprint density at radius 1 is 1.30 bits per heavy atom. The summed E-state index contributed by atoms with van der Waals surface area (Å²) >= 11 is 4.47. The largest absolute Gasteiger partial charge is 0.497 e. The number of benzene rings is 1. The number of rotatable bonds is 7. The van der Waals surface area contributed by atoms with Crippen molar-refractivity contribution in [1.82, 2.24) is 9.62 Å². The fourth-order valence-corrected chi connectivity index (χ4v) is 5.24. The summed E-state index contributed by atoms with van der Waals surface area (Å²) in [6.07, 6.45) is 0. The molecule has 2 aromatic rings. The molecular weight excluding hydrogens is 400 g/mol. The smallest absolute Gasteiger partial charge is 0.250 e. The van der Waals surface area contributed by atoms with Gasteiger partial charge in [-0.3, -0.25) is 0 Å². The first kappa shape index (κ1) is 18.4. The SMILES string of the molecule is COc1cccc(C(CNS(=O)(=O)c2ccc(Br)s2)N(C)C)c1. The summed E-state index contributed by atoms with van der Waals surface area (Å²) in [6.45, 7) is 0.276. The number of ether oxygens (including phenoxy) is 1. The Bertz CT molecular complexity index is 760. The number of hydrogen-bond donors (Lipinski definition) is 1. The van der Waals surface area contributed by atoms with Crippen molar-refractivity contribution in [3.8, 4) is 5.75 Å². The van der Waals surface area contributed by atoms with Crippen molar-refractivity contribution in [2.75, 3.05) is 27.7 Å². The van der Waals surface area contributed by atoms with Gasteiger partial charge in [0.05, 0.1) is 10.9 Å². The molecule has 2 rings (SSSR count). The minimum atomic E-state index is -3.51. The van der Waals surface area contributed by atoms with Gasteiger partial charge in [-0.15, -0.1) is 11.3 Å². The van der Waals surface area contributed by atoms with Gasteiger partial charge in [0, 0.05) is 12.6 Å². The lowest BCUT2D eigenvalue weighted by Gasteiger charge is -2.25. The zero-order chi connectivity index (χ0) is 17.0. The number of thiophene rings is 1. The van der Waals surface area contributed by atoms with Crippen LogP contribution in [0.5, 0.6) is 5.75 Å². The van der Waals surface area contributed by atoms with Crippen LogP contribution in [0.2, 0.25) is 0 Å². The molecule has 1 atom stereocenters. The molecule has 0 radical (unpaired) electrons. The van der Waals surface area contributed by atoms with E-state index >= 15 is 0 Å². The molecule has 1 heterocycles. The van der Waals surface area contributed by atoms with E-state index in [1.54, 1.807) is 19.2 Å². The van der Waals surface area contributed by atoms with Crippen molar-refractivity contribution in [2.24, 2.45) is 0 Å². The molecule has 1 aromatic heterocycles. The molecule has 8 heteroatoms. The Kier molecular flexibility index (Phi) is 6.21. The molecule has 1 aromatic carbocycles. The zero-order valence-corrected chi connectivity index (χ0v) is 16.3. The molecule has 0 saturated heterocycles. The first-order valence-electron chi connectivity index (χ1n) is 6.89. The molecule has 0 fully saturated rings. The number of hydrogen-bond acceptors (Lipinski definition) is 5. The van der Waals surface area contributed by atoms with Crippen LogP contribution in [0.1, 0.15) is 11.6 Å². The first-order valence-corrected chi connectivity index (χ1v) is 9.98. The van der Waals surface area contributed by atoms with Crippen LogP contribution in [-0.4, -0.2) is 41.1 Å². The summed E-state index contributed by atoms with van der Waals surface area (Å²) in [6, 6.07) is 10.9. The average molecular weight is 419 g/mol. The lowest BCUT2D eigenvalue weighted by molar-refractivity contribution is 0.298. The third-order valence-electron chi connectivity index (χ3n) is 3.38. The Morgan fingerprint density at radius 2 is 2.04 bits per heavy atom. The fraction of sp³-hybridized carbons (Fsp3) is 0.333. The van der Waals surface area contributed by atoms with E-state index in [2.05, 4.69) is 20.7 Å². The predicted molar refractivity (Wildman–Crippen MR) is 96.6 cm³/mol. The zero-order valence-electron chi connectivity index (χ0n) is 13.1. The number of nitrogens with one attached hydrogen (secondary N) is 1. The van der Waals surface area contributed by atoms with E-state index in [4.69, 9.17) is 4.74 Å². The van der Waals surface area contributed by atoms with Gasteiger partial charge in [0.2, 0.25) is 10.0 Å². The van der Waals surface area contributed by atoms with Crippen molar-refractivity contribution in [3.63, 3.8) is 0 Å². The van der Waals surface area contributed by atoms with Gasteiger partial charge in [0.15, 0.2) is 0 Å². The summed E-state index contributed by atoms with van der Waals surface area (Å²) in [4.78, 5) is 1.97. The highest BCUT2D eigenvalue weighted by molar-refractivity contribution is 9.11. The second-order valence-electron chi connectivity index (χ2n) is 5.17. The van der Waals surface area contributed by atoms with Crippen LogP contribution in [0.25, 0.3) is 0 Å². The van der Waals surface area contributed by atoms with Crippen LogP contribution in [-0.2, 0) is 10.0 Å². The van der Waals surface area contributed by atoms with Gasteiger partial charge < -0.3 is 9.64 Å². The summed E-state index contributed by atoms with van der Waals surface area (Å²) in [5, 5.41) is 0. The molecule has 0 aliphatic heterocycles. The topological polar surface area (TPSA) is 58.6 Å². The lowest BCUT2D eigenvalue weighted by Crippen LogP contribution is -2.34. The van der Waals surface area contributed by atoms with Crippen LogP contribution >= 0.6 is 27.3 Å². The molecule has 0 bridgehead atoms. The maximum Gasteiger partial charge on any atom is 0.250 e. The molecule has 5 nitrogen and oxygen atoms in total. The Morgan fingerprint density at radius 3 is 2.61 bits per heavy atom. The Hall–Kier alpha value is -0.930. The summed E-state index contributed by atoms with van der Waals surface area (Å²) < 4.78 is 33.7. The monoisotopic (exact) mass is 418 g/mol. The van der Waals surface area contributed by atoms with Gasteiger partial charge in [-0.2, -0.15) is 0 Å². The highest BCUT2D eigenvalue weighted by atomic mass is 79.9. The molecule has 0 amide bonds. The molecule has 126 valence electrons. The van der Waals surface area contributed by atoms with E-state index < -0.39 is 10.0 Å². The third kappa shape index (κ3) is 4.77. The van der Waals surface area contributed by atoms with Gasteiger partial charge in [0.1, 0.15) is 9.96 Å². The van der Waals surface area contributed by atoms with Gasteiger partial charge in [-0.05, 0) is 59.9 Å². The molecule has 23 heavy (non-hydrogen) atoms. The van der Waals surface area contributed by atoms with E-state index in [0.29, 0.717) is 4.21 Å². The van der Waals surface area contributed by atoms with E-state index in [1.165, 1.54) is 11.3 Å². The van der Waals surface area contributed by atoms with Crippen molar-refractivity contribution in [3.05, 3.63) is 45.7 Å². The molecule has 0 spiro atoms. The van der Waals surface area contributed by atoms with Gasteiger partial charge in [-0.1, -0.05) is 12.1 Å². The highest BCUT2D eigenvalue weighted by Crippen LogP contribution is 2.27. The summed E-state index contributed by atoms with van der Waals surface area (Å²) in [5.41, 5.74) is 0.990. The van der Waals surface area contributed by atoms with Gasteiger partial charge in [-0.25, -0.2) is 13.1 Å². The number of methoxy groups -OCH3 is 1. The normalized spacial score (nSPS) is 13.3. The molecular formula is C15H19BrN2O3S2. The summed E-state index contributed by atoms with van der Waals surface area (Å²) in [5.74, 6) is 0.749. The number of sulfonamides is 1. The molecule has 0 aliphatic carbocycles. The second-order valence-corrected chi connectivity index (χ2v) is 9.62. The quantitative estimate of drug-likeness (QED) is 0.750. The Balaban J connectivity index is 2.17. The van der Waals surface area contributed by atoms with Crippen LogP contribution in [0.4, 0.5) is 0 Å². The predicted octanol–water partition coefficient (Wildman–Crippen LogP) is 3.10. The van der Waals surface area contributed by atoms with Gasteiger partial charge >= 0.3 is 0 Å². The average Bonchev–Trinajstić information content (AvgIpc) is 2.95. The number of likely N-dealkylation sites (N-methyl/N-ethyl adjacent to an activating group) is 1. The number of nitrogens with zero attached hydrogens (tertiary/aromatic N) is 1. The van der Waals surface area contributed by atoms with Crippen LogP contribution in [0, 0.1) is 0 Å². The summed E-state index contributed by atoms with van der Waals surface area (Å²) in [7, 11) is 1.93. The first-order chi connectivity index (χ1) is 10.8. The highest BCUT2D eigenvalue weighted by Gasteiger charge is 2.21. The van der Waals surface area contributed by atoms with E-state index in [-0.39, 0.29) is 12.6 Å². The van der Waals surface area contributed by atoms with Crippen LogP contribution < -0.4 is 9.46 Å². The molecule has 0 aliphatic rings. The Labute approximate surface area is 149 Å². The number of halogens is 1. The third-order valence-corrected chi connectivity index (χ3v) is 6.92. The minimum absolute atomic E-state index is 0.0942. The lowest BCUT2D eigenvalue weighted by atomic mass is 10.1. The van der Waals surface area contributed by atoms with Crippen LogP contribution in [0.3, 0.4) is 0 Å². The van der Waals surface area contributed by atoms with Gasteiger partial charge in [0.25, 0.3) is 0 Å². The van der Waals surface area contributed by atoms with Crippen molar-refractivity contribution >= 4 is 37.3 Å². The van der Waals surface area contributed by atoms with Crippen molar-refractivity contribution in [2.45, 2.75) is 10.3 Å². The molecule has 1 N–H and O–H groups in total. The standard InChI is InChI=1S/C15H19BrN2O3S2/c1-18(2)13(11-5-4-6-12(9-11)21-3)10-17-23(19,20)15-8-7-14(16)22-15/h4-9,13,17H,10H2,1-3H3. The maximum atomic E-state index is 12.4. The second kappa shape index (κ2) is 7.76. The maximum absolute atomic E-state index is 12.4. The fourth-order valence-electron chi connectivity index (χ4n) is 2.15. The molecule has 1 unspecified atom stereocenters. The van der Waals surface area contributed by atoms with E-state index in [9.17, 15) is 8.42 Å². The minimum Gasteiger partial charge on any atom is -0.497 e. The van der Waals surface area contributed by atoms with Crippen molar-refractivity contribution < 1.29 is 13.2 Å². The van der Waals surface area contributed by atoms with Crippen LogP contribution in [0.15, 0.2) is 44.4 Å². The van der Waals surface area contributed by atoms with Crippen molar-refractivity contribution in [1.29, 1.82) is 0 Å². The van der Waals surface area contributed by atoms with E-state index in [1.807, 2.05) is 43.3 Å². The van der Waals surface area contributed by atoms with E-state index in [0.717, 1.165) is 15.1 Å². The molecule has 0 saturated carbocycles.